The van der Waals surface area contributed by atoms with E-state index >= 15 is 0 Å². The molecule has 0 amide bonds. The van der Waals surface area contributed by atoms with Gasteiger partial charge in [-0.3, -0.25) is 0 Å². The molecule has 0 fully saturated rings. The number of hydrogen-bond acceptors (Lipinski definition) is 5. The zero-order valence-corrected chi connectivity index (χ0v) is 15.4. The molecule has 0 spiro atoms. The van der Waals surface area contributed by atoms with Crippen molar-refractivity contribution in [3.63, 3.8) is 0 Å². The third kappa shape index (κ3) is 3.99. The van der Waals surface area contributed by atoms with E-state index in [2.05, 4.69) is 45.4 Å². The number of aryl methyl sites for hydroxylation is 2. The Morgan fingerprint density at radius 1 is 1.04 bits per heavy atom. The first-order valence-electron chi connectivity index (χ1n) is 8.77. The standard InChI is InChI=1S/C20H22N4O.ClH/c21-17-9-4-10-18-16(17)8-5-13-24(18)14-20-22-19(23-25-20)12-11-15-6-2-1-3-7-15;/h1-4,6-7,9-10H,5,8,11-14,21H2;1H. The molecule has 2 aromatic carbocycles. The van der Waals surface area contributed by atoms with Gasteiger partial charge in [0.05, 0.1) is 6.54 Å². The average Bonchev–Trinajstić information content (AvgIpc) is 3.09. The third-order valence-corrected chi connectivity index (χ3v) is 4.70. The maximum absolute atomic E-state index is 6.12. The Morgan fingerprint density at radius 3 is 2.73 bits per heavy atom. The van der Waals surface area contributed by atoms with E-state index in [1.54, 1.807) is 0 Å². The van der Waals surface area contributed by atoms with Crippen LogP contribution >= 0.6 is 12.4 Å². The van der Waals surface area contributed by atoms with Crippen LogP contribution in [0, 0.1) is 0 Å². The number of aromatic nitrogens is 2. The number of nitrogens with two attached hydrogens (primary N) is 1. The molecule has 0 bridgehead atoms. The Balaban J connectivity index is 0.00000196. The predicted octanol–water partition coefficient (Wildman–Crippen LogP) is 3.81. The minimum absolute atomic E-state index is 0. The van der Waals surface area contributed by atoms with Gasteiger partial charge in [-0.1, -0.05) is 41.6 Å². The number of nitrogens with zero attached hydrogens (tertiary/aromatic N) is 3. The van der Waals surface area contributed by atoms with Crippen LogP contribution < -0.4 is 10.6 Å². The van der Waals surface area contributed by atoms with Gasteiger partial charge in [0.25, 0.3) is 0 Å². The van der Waals surface area contributed by atoms with Crippen molar-refractivity contribution in [3.8, 4) is 0 Å². The van der Waals surface area contributed by atoms with Crippen LogP contribution in [0.1, 0.15) is 29.3 Å². The number of hydrogen-bond donors (Lipinski definition) is 1. The Labute approximate surface area is 159 Å². The van der Waals surface area contributed by atoms with Crippen molar-refractivity contribution < 1.29 is 4.52 Å². The highest BCUT2D eigenvalue weighted by molar-refractivity contribution is 5.85. The summed E-state index contributed by atoms with van der Waals surface area (Å²) in [4.78, 5) is 6.85. The molecule has 0 atom stereocenters. The van der Waals surface area contributed by atoms with Gasteiger partial charge in [-0.15, -0.1) is 12.4 Å². The molecule has 5 nitrogen and oxygen atoms in total. The molecule has 1 aliphatic heterocycles. The highest BCUT2D eigenvalue weighted by Gasteiger charge is 2.20. The van der Waals surface area contributed by atoms with E-state index in [0.29, 0.717) is 12.4 Å². The van der Waals surface area contributed by atoms with Crippen LogP contribution in [0.3, 0.4) is 0 Å². The SMILES string of the molecule is Cl.Nc1cccc2c1CCCN2Cc1nc(CCc2ccccc2)no1. The summed E-state index contributed by atoms with van der Waals surface area (Å²) >= 11 is 0. The van der Waals surface area contributed by atoms with E-state index in [9.17, 15) is 0 Å². The van der Waals surface area contributed by atoms with E-state index < -0.39 is 0 Å². The van der Waals surface area contributed by atoms with Gasteiger partial charge in [0.2, 0.25) is 5.89 Å². The van der Waals surface area contributed by atoms with Crippen LogP contribution in [0.15, 0.2) is 53.1 Å². The molecule has 26 heavy (non-hydrogen) atoms. The van der Waals surface area contributed by atoms with Crippen molar-refractivity contribution in [2.45, 2.75) is 32.2 Å². The second kappa shape index (κ2) is 8.23. The van der Waals surface area contributed by atoms with Crippen molar-refractivity contribution in [1.29, 1.82) is 0 Å². The molecule has 1 aromatic heterocycles. The lowest BCUT2D eigenvalue weighted by atomic mass is 10.00. The molecule has 3 aromatic rings. The summed E-state index contributed by atoms with van der Waals surface area (Å²) in [5.41, 5.74) is 10.7. The van der Waals surface area contributed by atoms with Crippen LogP contribution in [0.2, 0.25) is 0 Å². The molecule has 2 N–H and O–H groups in total. The number of nitrogen functional groups attached to an aromatic ring is 1. The minimum Gasteiger partial charge on any atom is -0.398 e. The van der Waals surface area contributed by atoms with Crippen LogP contribution in [0.25, 0.3) is 0 Å². The summed E-state index contributed by atoms with van der Waals surface area (Å²) in [7, 11) is 0. The van der Waals surface area contributed by atoms with Crippen molar-refractivity contribution in [2.24, 2.45) is 0 Å². The Bertz CT molecular complexity index is 850. The molecular weight excluding hydrogens is 348 g/mol. The predicted molar refractivity (Wildman–Crippen MR) is 106 cm³/mol. The first kappa shape index (κ1) is 18.3. The van der Waals surface area contributed by atoms with Gasteiger partial charge in [0, 0.05) is 24.3 Å². The van der Waals surface area contributed by atoms with E-state index in [1.807, 2.05) is 18.2 Å². The summed E-state index contributed by atoms with van der Waals surface area (Å²) in [6.45, 7) is 1.62. The van der Waals surface area contributed by atoms with Crippen LogP contribution in [-0.2, 0) is 25.8 Å². The lowest BCUT2D eigenvalue weighted by molar-refractivity contribution is 0.370. The number of benzene rings is 2. The first-order valence-corrected chi connectivity index (χ1v) is 8.77. The average molecular weight is 371 g/mol. The number of halogens is 1. The summed E-state index contributed by atoms with van der Waals surface area (Å²) in [5, 5.41) is 4.13. The zero-order chi connectivity index (χ0) is 17.1. The molecule has 1 aliphatic rings. The van der Waals surface area contributed by atoms with E-state index in [0.717, 1.165) is 43.7 Å². The molecule has 2 heterocycles. The topological polar surface area (TPSA) is 68.2 Å². The van der Waals surface area contributed by atoms with Crippen LogP contribution in [0.4, 0.5) is 11.4 Å². The van der Waals surface area contributed by atoms with Gasteiger partial charge >= 0.3 is 0 Å². The molecule has 0 saturated carbocycles. The molecule has 136 valence electrons. The monoisotopic (exact) mass is 370 g/mol. The summed E-state index contributed by atoms with van der Waals surface area (Å²) in [6, 6.07) is 16.5. The fraction of sp³-hybridized carbons (Fsp3) is 0.300. The Kier molecular flexibility index (Phi) is 5.78. The molecule has 0 unspecified atom stereocenters. The van der Waals surface area contributed by atoms with Crippen molar-refractivity contribution in [2.75, 3.05) is 17.2 Å². The Morgan fingerprint density at radius 2 is 1.88 bits per heavy atom. The fourth-order valence-electron chi connectivity index (χ4n) is 3.41. The second-order valence-electron chi connectivity index (χ2n) is 6.46. The highest BCUT2D eigenvalue weighted by Crippen LogP contribution is 2.32. The third-order valence-electron chi connectivity index (χ3n) is 4.70. The van der Waals surface area contributed by atoms with Crippen molar-refractivity contribution in [3.05, 3.63) is 71.4 Å². The van der Waals surface area contributed by atoms with Crippen LogP contribution in [-0.4, -0.2) is 16.7 Å². The number of fused-ring (bicyclic) bond motifs is 1. The van der Waals surface area contributed by atoms with E-state index in [1.165, 1.54) is 16.8 Å². The second-order valence-corrected chi connectivity index (χ2v) is 6.46. The molecular formula is C20H23ClN4O. The van der Waals surface area contributed by atoms with Gasteiger partial charge in [0.1, 0.15) is 0 Å². The summed E-state index contributed by atoms with van der Waals surface area (Å²) in [6.07, 6.45) is 3.83. The number of rotatable bonds is 5. The van der Waals surface area contributed by atoms with Gasteiger partial charge < -0.3 is 15.2 Å². The molecule has 6 heteroatoms. The summed E-state index contributed by atoms with van der Waals surface area (Å²) < 4.78 is 5.47. The lowest BCUT2D eigenvalue weighted by Gasteiger charge is -2.30. The largest absolute Gasteiger partial charge is 0.398 e. The molecule has 0 radical (unpaired) electrons. The molecule has 4 rings (SSSR count). The van der Waals surface area contributed by atoms with Crippen molar-refractivity contribution in [1.82, 2.24) is 10.1 Å². The smallest absolute Gasteiger partial charge is 0.246 e. The normalized spacial score (nSPS) is 13.2. The number of anilines is 2. The minimum atomic E-state index is 0. The quantitative estimate of drug-likeness (QED) is 0.691. The van der Waals surface area contributed by atoms with Gasteiger partial charge in [0.15, 0.2) is 5.82 Å². The highest BCUT2D eigenvalue weighted by atomic mass is 35.5. The van der Waals surface area contributed by atoms with Gasteiger partial charge in [-0.25, -0.2) is 0 Å². The van der Waals surface area contributed by atoms with Gasteiger partial charge in [-0.2, -0.15) is 4.98 Å². The Hall–Kier alpha value is -2.53. The van der Waals surface area contributed by atoms with E-state index in [-0.39, 0.29) is 12.4 Å². The molecule has 0 saturated heterocycles. The maximum atomic E-state index is 6.12. The van der Waals surface area contributed by atoms with E-state index in [4.69, 9.17) is 10.3 Å². The summed E-state index contributed by atoms with van der Waals surface area (Å²) in [5.74, 6) is 1.43. The zero-order valence-electron chi connectivity index (χ0n) is 14.6. The van der Waals surface area contributed by atoms with Crippen molar-refractivity contribution >= 4 is 23.8 Å². The van der Waals surface area contributed by atoms with Gasteiger partial charge in [-0.05, 0) is 42.5 Å². The first-order chi connectivity index (χ1) is 12.3. The maximum Gasteiger partial charge on any atom is 0.246 e. The molecule has 0 aliphatic carbocycles. The van der Waals surface area contributed by atoms with Crippen LogP contribution in [0.5, 0.6) is 0 Å². The lowest BCUT2D eigenvalue weighted by Crippen LogP contribution is -2.29. The fourth-order valence-corrected chi connectivity index (χ4v) is 3.41.